The number of anilines is 1. The smallest absolute Gasteiger partial charge is 0.264 e. The maximum absolute atomic E-state index is 14.4. The number of benzene rings is 4. The summed E-state index contributed by atoms with van der Waals surface area (Å²) in [6, 6.07) is 26.8. The van der Waals surface area contributed by atoms with E-state index in [1.807, 2.05) is 37.3 Å². The molecule has 8 nitrogen and oxygen atoms in total. The molecule has 1 N–H and O–H groups in total. The zero-order valence-corrected chi connectivity index (χ0v) is 25.8. The van der Waals surface area contributed by atoms with Crippen LogP contribution in [-0.2, 0) is 32.6 Å². The van der Waals surface area contributed by atoms with Gasteiger partial charge >= 0.3 is 0 Å². The van der Waals surface area contributed by atoms with Crippen LogP contribution in [0.2, 0.25) is 0 Å². The van der Waals surface area contributed by atoms with Gasteiger partial charge in [-0.15, -0.1) is 0 Å². The fourth-order valence-corrected chi connectivity index (χ4v) is 6.22. The molecule has 0 bridgehead atoms. The number of nitrogens with zero attached hydrogens (tertiary/aromatic N) is 2. The van der Waals surface area contributed by atoms with E-state index in [0.29, 0.717) is 5.56 Å². The molecular weight excluding hydrogens is 581 g/mol. The highest BCUT2D eigenvalue weighted by molar-refractivity contribution is 7.92. The molecule has 4 rings (SSSR count). The third-order valence-electron chi connectivity index (χ3n) is 7.11. The number of hydrogen-bond acceptors (Lipinski definition) is 5. The van der Waals surface area contributed by atoms with Gasteiger partial charge in [-0.05, 0) is 61.4 Å². The number of amides is 2. The predicted molar refractivity (Wildman–Crippen MR) is 168 cm³/mol. The predicted octanol–water partition coefficient (Wildman–Crippen LogP) is 5.11. The van der Waals surface area contributed by atoms with Crippen LogP contribution in [0.3, 0.4) is 0 Å². The molecule has 4 aromatic carbocycles. The summed E-state index contributed by atoms with van der Waals surface area (Å²) in [5.74, 6) is -1.20. The maximum atomic E-state index is 14.4. The third-order valence-corrected chi connectivity index (χ3v) is 8.88. The number of nitrogens with one attached hydrogen (secondary N) is 1. The van der Waals surface area contributed by atoms with Crippen LogP contribution in [0, 0.1) is 12.7 Å². The van der Waals surface area contributed by atoms with Crippen LogP contribution >= 0.6 is 0 Å². The fourth-order valence-electron chi connectivity index (χ4n) is 4.80. The molecule has 1 atom stereocenters. The molecule has 44 heavy (non-hydrogen) atoms. The van der Waals surface area contributed by atoms with Crippen LogP contribution in [0.15, 0.2) is 108 Å². The van der Waals surface area contributed by atoms with Gasteiger partial charge in [0.2, 0.25) is 11.8 Å². The minimum atomic E-state index is -4.27. The monoisotopic (exact) mass is 617 g/mol. The molecule has 2 amide bonds. The minimum Gasteiger partial charge on any atom is -0.492 e. The van der Waals surface area contributed by atoms with Gasteiger partial charge in [-0.3, -0.25) is 13.9 Å². The lowest BCUT2D eigenvalue weighted by Crippen LogP contribution is -2.53. The first-order valence-electron chi connectivity index (χ1n) is 14.2. The van der Waals surface area contributed by atoms with Crippen LogP contribution < -0.4 is 14.4 Å². The van der Waals surface area contributed by atoms with Gasteiger partial charge in [0.05, 0.1) is 17.2 Å². The molecule has 0 aliphatic rings. The summed E-state index contributed by atoms with van der Waals surface area (Å²) in [5, 5.41) is 2.64. The highest BCUT2D eigenvalue weighted by atomic mass is 32.2. The molecule has 0 heterocycles. The second-order valence-corrected chi connectivity index (χ2v) is 12.1. The molecule has 0 aliphatic carbocycles. The molecule has 0 aliphatic heterocycles. The van der Waals surface area contributed by atoms with Crippen molar-refractivity contribution < 1.29 is 27.1 Å². The molecule has 0 aromatic heterocycles. The van der Waals surface area contributed by atoms with Crippen molar-refractivity contribution >= 4 is 27.5 Å². The molecule has 0 saturated heterocycles. The lowest BCUT2D eigenvalue weighted by molar-refractivity contribution is -0.139. The van der Waals surface area contributed by atoms with Gasteiger partial charge in [0.1, 0.15) is 24.2 Å². The number of hydrogen-bond donors (Lipinski definition) is 1. The Labute approximate surface area is 258 Å². The maximum Gasteiger partial charge on any atom is 0.264 e. The number of carbonyl (C=O) groups excluding carboxylic acids is 2. The van der Waals surface area contributed by atoms with Gasteiger partial charge in [0.15, 0.2) is 0 Å². The Morgan fingerprint density at radius 3 is 2.14 bits per heavy atom. The zero-order valence-electron chi connectivity index (χ0n) is 24.9. The van der Waals surface area contributed by atoms with Crippen molar-refractivity contribution in [2.45, 2.75) is 37.8 Å². The lowest BCUT2D eigenvalue weighted by Gasteiger charge is -2.34. The Balaban J connectivity index is 1.82. The second-order valence-electron chi connectivity index (χ2n) is 10.2. The van der Waals surface area contributed by atoms with Gasteiger partial charge in [0, 0.05) is 20.0 Å². The van der Waals surface area contributed by atoms with Gasteiger partial charge in [-0.2, -0.15) is 0 Å². The van der Waals surface area contributed by atoms with Crippen LogP contribution in [0.4, 0.5) is 10.1 Å². The van der Waals surface area contributed by atoms with E-state index in [1.165, 1.54) is 48.3 Å². The van der Waals surface area contributed by atoms with Crippen LogP contribution in [-0.4, -0.2) is 51.4 Å². The highest BCUT2D eigenvalue weighted by Crippen LogP contribution is 2.33. The van der Waals surface area contributed by atoms with Crippen molar-refractivity contribution in [1.82, 2.24) is 10.2 Å². The van der Waals surface area contributed by atoms with Crippen molar-refractivity contribution in [1.29, 1.82) is 0 Å². The summed E-state index contributed by atoms with van der Waals surface area (Å²) in [6.45, 7) is 3.22. The van der Waals surface area contributed by atoms with Gasteiger partial charge in [0.25, 0.3) is 10.0 Å². The summed E-state index contributed by atoms with van der Waals surface area (Å²) in [4.78, 5) is 29.1. The van der Waals surface area contributed by atoms with Gasteiger partial charge in [-0.25, -0.2) is 12.8 Å². The summed E-state index contributed by atoms with van der Waals surface area (Å²) < 4.78 is 48.9. The molecule has 0 unspecified atom stereocenters. The second kappa shape index (κ2) is 14.7. The average Bonchev–Trinajstić information content (AvgIpc) is 3.03. The normalized spacial score (nSPS) is 11.8. The lowest BCUT2D eigenvalue weighted by atomic mass is 10.0. The van der Waals surface area contributed by atoms with E-state index < -0.39 is 40.2 Å². The van der Waals surface area contributed by atoms with Crippen molar-refractivity contribution in [3.63, 3.8) is 0 Å². The molecular formula is C34H36FN3O5S. The van der Waals surface area contributed by atoms with Crippen LogP contribution in [0.5, 0.6) is 5.75 Å². The summed E-state index contributed by atoms with van der Waals surface area (Å²) in [5.41, 5.74) is 2.44. The number of aryl methyl sites for hydroxylation is 1. The first kappa shape index (κ1) is 32.2. The van der Waals surface area contributed by atoms with Crippen LogP contribution in [0.1, 0.15) is 23.6 Å². The Hall–Kier alpha value is -4.70. The number of likely N-dealkylation sites (N-methyl/N-ethyl adjacent to an activating group) is 1. The van der Waals surface area contributed by atoms with Crippen molar-refractivity contribution in [3.8, 4) is 5.75 Å². The number of ether oxygens (including phenoxy) is 1. The van der Waals surface area contributed by atoms with E-state index in [2.05, 4.69) is 5.32 Å². The minimum absolute atomic E-state index is 0.000534. The van der Waals surface area contributed by atoms with Crippen LogP contribution in [0.25, 0.3) is 0 Å². The summed E-state index contributed by atoms with van der Waals surface area (Å²) >= 11 is 0. The average molecular weight is 618 g/mol. The van der Waals surface area contributed by atoms with Gasteiger partial charge in [-0.1, -0.05) is 72.3 Å². The number of para-hydroxylation sites is 2. The van der Waals surface area contributed by atoms with E-state index in [9.17, 15) is 22.4 Å². The number of halogens is 1. The number of rotatable bonds is 13. The van der Waals surface area contributed by atoms with E-state index in [4.69, 9.17) is 4.74 Å². The molecule has 0 fully saturated rings. The fraction of sp³-hybridized carbons (Fsp3) is 0.235. The van der Waals surface area contributed by atoms with Crippen molar-refractivity contribution in [2.75, 3.05) is 24.5 Å². The molecule has 0 saturated carbocycles. The first-order chi connectivity index (χ1) is 21.1. The Bertz CT molecular complexity index is 1660. The number of carbonyl (C=O) groups is 2. The SMILES string of the molecule is CCOc1ccccc1N(CC(=O)N(Cc1ccc(F)cc1)[C@H](Cc1ccccc1)C(=O)NC)S(=O)(=O)c1ccc(C)cc1. The largest absolute Gasteiger partial charge is 0.492 e. The standard InChI is InChI=1S/C34H36FN3O5S/c1-4-43-32-13-9-8-12-30(32)38(44(41,42)29-20-14-25(2)15-21-29)24-33(39)37(23-27-16-18-28(35)19-17-27)31(34(40)36-3)22-26-10-6-5-7-11-26/h5-21,31H,4,22-24H2,1-3H3,(H,36,40)/t31-/m1/s1. The quantitative estimate of drug-likeness (QED) is 0.225. The van der Waals surface area contributed by atoms with Crippen molar-refractivity contribution in [3.05, 3.63) is 126 Å². The summed E-state index contributed by atoms with van der Waals surface area (Å²) in [6.07, 6.45) is 0.174. The van der Waals surface area contributed by atoms with E-state index in [-0.39, 0.29) is 35.9 Å². The van der Waals surface area contributed by atoms with Gasteiger partial charge < -0.3 is 15.0 Å². The topological polar surface area (TPSA) is 96.0 Å². The Morgan fingerprint density at radius 1 is 0.864 bits per heavy atom. The molecule has 4 aromatic rings. The molecule has 10 heteroatoms. The zero-order chi connectivity index (χ0) is 31.7. The number of sulfonamides is 1. The molecule has 0 radical (unpaired) electrons. The summed E-state index contributed by atoms with van der Waals surface area (Å²) in [7, 11) is -2.79. The molecule has 0 spiro atoms. The Kier molecular flexibility index (Phi) is 10.7. The first-order valence-corrected chi connectivity index (χ1v) is 15.7. The van der Waals surface area contributed by atoms with Crippen molar-refractivity contribution in [2.24, 2.45) is 0 Å². The third kappa shape index (κ3) is 7.82. The van der Waals surface area contributed by atoms with E-state index in [0.717, 1.165) is 15.4 Å². The Morgan fingerprint density at radius 2 is 1.50 bits per heavy atom. The molecule has 230 valence electrons. The van der Waals surface area contributed by atoms with E-state index >= 15 is 0 Å². The van der Waals surface area contributed by atoms with E-state index in [1.54, 1.807) is 43.3 Å². The highest BCUT2D eigenvalue weighted by Gasteiger charge is 2.35.